The number of halogens is 1. The predicted molar refractivity (Wildman–Crippen MR) is 77.8 cm³/mol. The third-order valence-corrected chi connectivity index (χ3v) is 5.51. The quantitative estimate of drug-likeness (QED) is 0.890. The van der Waals surface area contributed by atoms with Gasteiger partial charge in [0.05, 0.1) is 16.5 Å². The van der Waals surface area contributed by atoms with Gasteiger partial charge in [-0.1, -0.05) is 12.8 Å². The lowest BCUT2D eigenvalue weighted by Gasteiger charge is -2.12. The molecule has 0 unspecified atom stereocenters. The number of rotatable bonds is 5. The lowest BCUT2D eigenvalue weighted by atomic mass is 10.1. The maximum atomic E-state index is 12.2. The van der Waals surface area contributed by atoms with Crippen LogP contribution < -0.4 is 9.46 Å². The van der Waals surface area contributed by atoms with Crippen molar-refractivity contribution in [3.05, 3.63) is 22.7 Å². The first-order valence-electron chi connectivity index (χ1n) is 6.36. The fourth-order valence-electron chi connectivity index (χ4n) is 2.34. The maximum absolute atomic E-state index is 12.2. The van der Waals surface area contributed by atoms with E-state index >= 15 is 0 Å². The van der Waals surface area contributed by atoms with E-state index in [1.54, 1.807) is 25.3 Å². The van der Waals surface area contributed by atoms with E-state index in [-0.39, 0.29) is 4.90 Å². The van der Waals surface area contributed by atoms with Crippen LogP contribution in [0.25, 0.3) is 0 Å². The Morgan fingerprint density at radius 1 is 1.37 bits per heavy atom. The van der Waals surface area contributed by atoms with E-state index in [0.29, 0.717) is 22.7 Å². The van der Waals surface area contributed by atoms with E-state index in [0.717, 1.165) is 12.8 Å². The number of benzene rings is 1. The first kappa shape index (κ1) is 14.8. The smallest absolute Gasteiger partial charge is 0.240 e. The number of hydrogen-bond acceptors (Lipinski definition) is 3. The van der Waals surface area contributed by atoms with E-state index in [2.05, 4.69) is 20.7 Å². The Morgan fingerprint density at radius 2 is 2.05 bits per heavy atom. The molecule has 1 saturated carbocycles. The van der Waals surface area contributed by atoms with E-state index in [9.17, 15) is 8.42 Å². The van der Waals surface area contributed by atoms with Crippen molar-refractivity contribution in [2.45, 2.75) is 30.6 Å². The van der Waals surface area contributed by atoms with E-state index in [4.69, 9.17) is 4.74 Å². The molecule has 1 aromatic carbocycles. The van der Waals surface area contributed by atoms with Crippen molar-refractivity contribution < 1.29 is 13.2 Å². The molecule has 4 nitrogen and oxygen atoms in total. The highest BCUT2D eigenvalue weighted by Crippen LogP contribution is 2.28. The van der Waals surface area contributed by atoms with Gasteiger partial charge in [-0.3, -0.25) is 0 Å². The van der Waals surface area contributed by atoms with Crippen molar-refractivity contribution in [1.29, 1.82) is 0 Å². The van der Waals surface area contributed by atoms with Gasteiger partial charge in [-0.05, 0) is 52.9 Å². The summed E-state index contributed by atoms with van der Waals surface area (Å²) in [6.07, 6.45) is 4.66. The minimum Gasteiger partial charge on any atom is -0.496 e. The fourth-order valence-corrected chi connectivity index (χ4v) is 4.17. The van der Waals surface area contributed by atoms with Crippen LogP contribution in [0.2, 0.25) is 0 Å². The Bertz CT molecular complexity index is 539. The second kappa shape index (κ2) is 6.24. The molecule has 6 heteroatoms. The number of sulfonamides is 1. The number of hydrogen-bond donors (Lipinski definition) is 1. The average molecular weight is 348 g/mol. The molecule has 0 heterocycles. The fraction of sp³-hybridized carbons (Fsp3) is 0.538. The number of methoxy groups -OCH3 is 1. The molecule has 0 radical (unpaired) electrons. The summed E-state index contributed by atoms with van der Waals surface area (Å²) in [7, 11) is -1.88. The molecule has 19 heavy (non-hydrogen) atoms. The van der Waals surface area contributed by atoms with Gasteiger partial charge < -0.3 is 4.74 Å². The van der Waals surface area contributed by atoms with Gasteiger partial charge in [0, 0.05) is 6.54 Å². The van der Waals surface area contributed by atoms with Crippen LogP contribution >= 0.6 is 15.9 Å². The summed E-state index contributed by atoms with van der Waals surface area (Å²) in [5, 5.41) is 0. The largest absolute Gasteiger partial charge is 0.496 e. The number of nitrogens with one attached hydrogen (secondary N) is 1. The average Bonchev–Trinajstić information content (AvgIpc) is 2.89. The molecule has 0 atom stereocenters. The second-order valence-electron chi connectivity index (χ2n) is 4.80. The normalized spacial score (nSPS) is 16.7. The lowest BCUT2D eigenvalue weighted by Crippen LogP contribution is -2.28. The molecule has 1 N–H and O–H groups in total. The van der Waals surface area contributed by atoms with Crippen LogP contribution in [0, 0.1) is 5.92 Å². The van der Waals surface area contributed by atoms with Crippen molar-refractivity contribution in [2.75, 3.05) is 13.7 Å². The highest BCUT2D eigenvalue weighted by Gasteiger charge is 2.20. The van der Waals surface area contributed by atoms with Crippen LogP contribution in [0.1, 0.15) is 25.7 Å². The first-order valence-corrected chi connectivity index (χ1v) is 8.64. The lowest BCUT2D eigenvalue weighted by molar-refractivity contribution is 0.411. The minimum absolute atomic E-state index is 0.262. The predicted octanol–water partition coefficient (Wildman–Crippen LogP) is 2.93. The molecule has 0 amide bonds. The highest BCUT2D eigenvalue weighted by molar-refractivity contribution is 9.10. The van der Waals surface area contributed by atoms with E-state index < -0.39 is 10.0 Å². The topological polar surface area (TPSA) is 55.4 Å². The van der Waals surface area contributed by atoms with Crippen LogP contribution in [0.4, 0.5) is 0 Å². The summed E-state index contributed by atoms with van der Waals surface area (Å²) < 4.78 is 32.8. The molecule has 106 valence electrons. The molecule has 0 aromatic heterocycles. The Hall–Kier alpha value is -0.590. The van der Waals surface area contributed by atoms with Crippen LogP contribution in [0.15, 0.2) is 27.6 Å². The van der Waals surface area contributed by atoms with Crippen molar-refractivity contribution in [2.24, 2.45) is 5.92 Å². The van der Waals surface area contributed by atoms with Gasteiger partial charge in [0.25, 0.3) is 0 Å². The zero-order valence-electron chi connectivity index (χ0n) is 10.9. The minimum atomic E-state index is -3.43. The molecular weight excluding hydrogens is 330 g/mol. The molecule has 0 spiro atoms. The molecule has 0 bridgehead atoms. The zero-order chi connectivity index (χ0) is 13.9. The van der Waals surface area contributed by atoms with Crippen molar-refractivity contribution in [1.82, 2.24) is 4.72 Å². The number of ether oxygens (including phenoxy) is 1. The molecule has 2 rings (SSSR count). The summed E-state index contributed by atoms with van der Waals surface area (Å²) in [5.74, 6) is 1.10. The van der Waals surface area contributed by atoms with Gasteiger partial charge in [0.1, 0.15) is 5.75 Å². The summed E-state index contributed by atoms with van der Waals surface area (Å²) in [4.78, 5) is 0.262. The monoisotopic (exact) mass is 347 g/mol. The van der Waals surface area contributed by atoms with Gasteiger partial charge in [0.15, 0.2) is 0 Å². The Kier molecular flexibility index (Phi) is 4.86. The second-order valence-corrected chi connectivity index (χ2v) is 7.42. The van der Waals surface area contributed by atoms with Crippen molar-refractivity contribution in [3.63, 3.8) is 0 Å². The molecule has 1 aliphatic rings. The van der Waals surface area contributed by atoms with E-state index in [1.165, 1.54) is 12.8 Å². The standard InChI is InChI=1S/C13H18BrNO3S/c1-18-13-7-6-11(8-12(13)14)19(16,17)15-9-10-4-2-3-5-10/h6-8,10,15H,2-5,9H2,1H3. The van der Waals surface area contributed by atoms with Gasteiger partial charge >= 0.3 is 0 Å². The highest BCUT2D eigenvalue weighted by atomic mass is 79.9. The molecule has 0 aliphatic heterocycles. The van der Waals surface area contributed by atoms with Crippen molar-refractivity contribution in [3.8, 4) is 5.75 Å². The van der Waals surface area contributed by atoms with Crippen LogP contribution in [-0.2, 0) is 10.0 Å². The summed E-state index contributed by atoms with van der Waals surface area (Å²) >= 11 is 3.30. The Labute approximate surface area is 122 Å². The maximum Gasteiger partial charge on any atom is 0.240 e. The van der Waals surface area contributed by atoms with Gasteiger partial charge in [0.2, 0.25) is 10.0 Å². The summed E-state index contributed by atoms with van der Waals surface area (Å²) in [6.45, 7) is 0.534. The summed E-state index contributed by atoms with van der Waals surface area (Å²) in [5.41, 5.74) is 0. The Morgan fingerprint density at radius 3 is 2.63 bits per heavy atom. The summed E-state index contributed by atoms with van der Waals surface area (Å²) in [6, 6.07) is 4.77. The van der Waals surface area contributed by atoms with Crippen LogP contribution in [0.3, 0.4) is 0 Å². The van der Waals surface area contributed by atoms with Crippen LogP contribution in [0.5, 0.6) is 5.75 Å². The molecule has 1 aliphatic carbocycles. The first-order chi connectivity index (χ1) is 9.03. The van der Waals surface area contributed by atoms with Gasteiger partial charge in [-0.2, -0.15) is 0 Å². The molecule has 0 saturated heterocycles. The van der Waals surface area contributed by atoms with Crippen LogP contribution in [-0.4, -0.2) is 22.1 Å². The molecule has 1 fully saturated rings. The van der Waals surface area contributed by atoms with E-state index in [1.807, 2.05) is 0 Å². The molecule has 1 aromatic rings. The van der Waals surface area contributed by atoms with Crippen molar-refractivity contribution >= 4 is 26.0 Å². The molecular formula is C13H18BrNO3S. The third kappa shape index (κ3) is 3.70. The van der Waals surface area contributed by atoms with Gasteiger partial charge in [-0.25, -0.2) is 13.1 Å². The van der Waals surface area contributed by atoms with Gasteiger partial charge in [-0.15, -0.1) is 0 Å². The SMILES string of the molecule is COc1ccc(S(=O)(=O)NCC2CCCC2)cc1Br. The Balaban J connectivity index is 2.08. The zero-order valence-corrected chi connectivity index (χ0v) is 13.3. The third-order valence-electron chi connectivity index (χ3n) is 3.47.